The predicted molar refractivity (Wildman–Crippen MR) is 132 cm³/mol. The minimum Gasteiger partial charge on any atom is -0.481 e. The van der Waals surface area contributed by atoms with Gasteiger partial charge in [-0.25, -0.2) is 15.1 Å². The first kappa shape index (κ1) is 23.1. The molecule has 2 N–H and O–H groups in total. The Morgan fingerprint density at radius 1 is 0.912 bits per heavy atom. The molecule has 34 heavy (non-hydrogen) atoms. The van der Waals surface area contributed by atoms with E-state index in [4.69, 9.17) is 5.11 Å². The second-order valence-electron chi connectivity index (χ2n) is 7.25. The molecule has 0 saturated carbocycles. The zero-order valence-electron chi connectivity index (χ0n) is 17.9. The number of halogens is 1. The first-order valence-electron chi connectivity index (χ1n) is 10.4. The van der Waals surface area contributed by atoms with Crippen molar-refractivity contribution < 1.29 is 14.7 Å². The van der Waals surface area contributed by atoms with Crippen molar-refractivity contribution in [2.75, 3.05) is 0 Å². The van der Waals surface area contributed by atoms with Gasteiger partial charge in [0.15, 0.2) is 5.82 Å². The SMILES string of the molecule is O=C(O)CCC(=NNC(=O)c1nc(-c2ccccc2Br)n(-c2ccccc2)n1)c1ccccc1. The Kier molecular flexibility index (Phi) is 7.24. The number of nitrogens with one attached hydrogen (secondary N) is 1. The number of carbonyl (C=O) groups excluding carboxylic acids is 1. The minimum atomic E-state index is -0.948. The van der Waals surface area contributed by atoms with E-state index in [1.165, 1.54) is 0 Å². The summed E-state index contributed by atoms with van der Waals surface area (Å²) in [5, 5.41) is 17.7. The van der Waals surface area contributed by atoms with Gasteiger partial charge in [-0.3, -0.25) is 9.59 Å². The molecule has 0 atom stereocenters. The lowest BCUT2D eigenvalue weighted by Crippen LogP contribution is -2.22. The molecule has 1 heterocycles. The Morgan fingerprint density at radius 3 is 2.24 bits per heavy atom. The van der Waals surface area contributed by atoms with Crippen molar-refractivity contribution in [1.82, 2.24) is 20.2 Å². The van der Waals surface area contributed by atoms with Crippen molar-refractivity contribution in [3.05, 3.63) is 101 Å². The molecule has 0 aliphatic carbocycles. The van der Waals surface area contributed by atoms with Crippen LogP contribution in [-0.4, -0.2) is 37.5 Å². The summed E-state index contributed by atoms with van der Waals surface area (Å²) in [6.07, 6.45) is 0.0460. The summed E-state index contributed by atoms with van der Waals surface area (Å²) in [6.45, 7) is 0. The van der Waals surface area contributed by atoms with Gasteiger partial charge < -0.3 is 5.11 Å². The molecule has 3 aromatic carbocycles. The summed E-state index contributed by atoms with van der Waals surface area (Å²) in [5.41, 5.74) is 5.17. The molecule has 0 aliphatic heterocycles. The number of amides is 1. The van der Waals surface area contributed by atoms with Crippen LogP contribution in [0.15, 0.2) is 94.5 Å². The van der Waals surface area contributed by atoms with Crippen molar-refractivity contribution in [3.63, 3.8) is 0 Å². The van der Waals surface area contributed by atoms with E-state index < -0.39 is 11.9 Å². The molecule has 0 spiro atoms. The number of carboxylic acid groups (broad SMARTS) is 1. The molecule has 4 aromatic rings. The monoisotopic (exact) mass is 517 g/mol. The molecule has 0 radical (unpaired) electrons. The average molecular weight is 518 g/mol. The molecule has 0 bridgehead atoms. The van der Waals surface area contributed by atoms with Gasteiger partial charge in [-0.2, -0.15) is 5.10 Å². The maximum atomic E-state index is 12.9. The van der Waals surface area contributed by atoms with Gasteiger partial charge in [0.05, 0.1) is 17.8 Å². The van der Waals surface area contributed by atoms with Crippen molar-refractivity contribution in [1.29, 1.82) is 0 Å². The standard InChI is InChI=1S/C25H20BrN5O3/c26-20-14-8-7-13-19(20)24-27-23(30-31(24)18-11-5-2-6-12-18)25(34)29-28-21(15-16-22(32)33)17-9-3-1-4-10-17/h1-14H,15-16H2,(H,29,34)(H,32,33). The molecule has 1 amide bonds. The van der Waals surface area contributed by atoms with Crippen molar-refractivity contribution in [3.8, 4) is 17.1 Å². The van der Waals surface area contributed by atoms with Gasteiger partial charge in [-0.15, -0.1) is 5.10 Å². The quantitative estimate of drug-likeness (QED) is 0.260. The van der Waals surface area contributed by atoms with E-state index in [1.54, 1.807) is 16.8 Å². The molecule has 0 saturated heterocycles. The van der Waals surface area contributed by atoms with Gasteiger partial charge in [0.25, 0.3) is 0 Å². The van der Waals surface area contributed by atoms with Gasteiger partial charge in [-0.05, 0) is 23.8 Å². The Labute approximate surface area is 204 Å². The van der Waals surface area contributed by atoms with Crippen LogP contribution >= 0.6 is 15.9 Å². The molecule has 4 rings (SSSR count). The van der Waals surface area contributed by atoms with Crippen molar-refractivity contribution >= 4 is 33.5 Å². The third kappa shape index (κ3) is 5.44. The smallest absolute Gasteiger partial charge is 0.311 e. The lowest BCUT2D eigenvalue weighted by molar-refractivity contribution is -0.136. The van der Waals surface area contributed by atoms with E-state index >= 15 is 0 Å². The molecular formula is C25H20BrN5O3. The van der Waals surface area contributed by atoms with Crippen LogP contribution in [0.1, 0.15) is 29.0 Å². The second-order valence-corrected chi connectivity index (χ2v) is 8.10. The van der Waals surface area contributed by atoms with Crippen LogP contribution in [0.4, 0.5) is 0 Å². The predicted octanol–water partition coefficient (Wildman–Crippen LogP) is 4.70. The molecular weight excluding hydrogens is 498 g/mol. The second kappa shape index (κ2) is 10.7. The Bertz CT molecular complexity index is 1340. The molecule has 170 valence electrons. The van der Waals surface area contributed by atoms with E-state index in [0.29, 0.717) is 11.5 Å². The number of carbonyl (C=O) groups is 2. The fourth-order valence-corrected chi connectivity index (χ4v) is 3.73. The maximum absolute atomic E-state index is 12.9. The maximum Gasteiger partial charge on any atom is 0.311 e. The van der Waals surface area contributed by atoms with Gasteiger partial charge in [-0.1, -0.05) is 82.7 Å². The number of aromatic nitrogens is 3. The summed E-state index contributed by atoms with van der Waals surface area (Å²) in [5.74, 6) is -1.13. The summed E-state index contributed by atoms with van der Waals surface area (Å²) < 4.78 is 2.41. The summed E-state index contributed by atoms with van der Waals surface area (Å²) in [6, 6.07) is 26.0. The number of rotatable bonds is 8. The third-order valence-corrected chi connectivity index (χ3v) is 5.59. The topological polar surface area (TPSA) is 109 Å². The van der Waals surface area contributed by atoms with E-state index in [-0.39, 0.29) is 18.7 Å². The number of carboxylic acids is 1. The lowest BCUT2D eigenvalue weighted by atomic mass is 10.1. The van der Waals surface area contributed by atoms with Gasteiger partial charge in [0, 0.05) is 16.5 Å². The largest absolute Gasteiger partial charge is 0.481 e. The highest BCUT2D eigenvalue weighted by atomic mass is 79.9. The summed E-state index contributed by atoms with van der Waals surface area (Å²) >= 11 is 3.54. The van der Waals surface area contributed by atoms with Crippen LogP contribution in [0, 0.1) is 0 Å². The number of hydrogen-bond acceptors (Lipinski definition) is 5. The number of aliphatic carboxylic acids is 1. The van der Waals surface area contributed by atoms with Crippen LogP contribution in [0.5, 0.6) is 0 Å². The number of nitrogens with zero attached hydrogens (tertiary/aromatic N) is 4. The molecule has 0 fully saturated rings. The molecule has 0 unspecified atom stereocenters. The molecule has 9 heteroatoms. The lowest BCUT2D eigenvalue weighted by Gasteiger charge is -2.07. The van der Waals surface area contributed by atoms with Crippen molar-refractivity contribution in [2.24, 2.45) is 5.10 Å². The van der Waals surface area contributed by atoms with Crippen LogP contribution < -0.4 is 5.43 Å². The van der Waals surface area contributed by atoms with E-state index in [0.717, 1.165) is 21.3 Å². The highest BCUT2D eigenvalue weighted by molar-refractivity contribution is 9.10. The Hall–Kier alpha value is -4.11. The molecule has 1 aromatic heterocycles. The Morgan fingerprint density at radius 2 is 1.56 bits per heavy atom. The van der Waals surface area contributed by atoms with Crippen LogP contribution in [-0.2, 0) is 4.79 Å². The summed E-state index contributed by atoms with van der Waals surface area (Å²) in [7, 11) is 0. The van der Waals surface area contributed by atoms with Crippen LogP contribution in [0.25, 0.3) is 17.1 Å². The number of para-hydroxylation sites is 1. The normalized spacial score (nSPS) is 11.3. The zero-order chi connectivity index (χ0) is 23.9. The van der Waals surface area contributed by atoms with E-state index in [1.807, 2.05) is 72.8 Å². The highest BCUT2D eigenvalue weighted by Gasteiger charge is 2.20. The van der Waals surface area contributed by atoms with Crippen molar-refractivity contribution in [2.45, 2.75) is 12.8 Å². The fourth-order valence-electron chi connectivity index (χ4n) is 3.26. The third-order valence-electron chi connectivity index (χ3n) is 4.90. The first-order chi connectivity index (χ1) is 16.5. The molecule has 0 aliphatic rings. The average Bonchev–Trinajstić information content (AvgIpc) is 3.30. The van der Waals surface area contributed by atoms with Crippen LogP contribution in [0.2, 0.25) is 0 Å². The minimum absolute atomic E-state index is 0.0657. The zero-order valence-corrected chi connectivity index (χ0v) is 19.5. The van der Waals surface area contributed by atoms with E-state index in [9.17, 15) is 9.59 Å². The molecule has 8 nitrogen and oxygen atoms in total. The van der Waals surface area contributed by atoms with Gasteiger partial charge >= 0.3 is 11.9 Å². The number of benzene rings is 3. The van der Waals surface area contributed by atoms with Gasteiger partial charge in [0.2, 0.25) is 5.82 Å². The highest BCUT2D eigenvalue weighted by Crippen LogP contribution is 2.28. The Balaban J connectivity index is 1.68. The van der Waals surface area contributed by atoms with Crippen LogP contribution in [0.3, 0.4) is 0 Å². The van der Waals surface area contributed by atoms with E-state index in [2.05, 4.69) is 36.5 Å². The first-order valence-corrected chi connectivity index (χ1v) is 11.2. The fraction of sp³-hybridized carbons (Fsp3) is 0.0800. The number of hydrazone groups is 1. The number of hydrogen-bond donors (Lipinski definition) is 2. The summed E-state index contributed by atoms with van der Waals surface area (Å²) in [4.78, 5) is 28.5. The van der Waals surface area contributed by atoms with Gasteiger partial charge in [0.1, 0.15) is 0 Å².